The number of nitrogens with one attached hydrogen (secondary N) is 1. The SMILES string of the molecule is Cc1nc2ccc(N(C)C(=O)C#N)cc2[nH]1. The van der Waals surface area contributed by atoms with E-state index in [2.05, 4.69) is 9.97 Å². The molecule has 0 aliphatic rings. The standard InChI is InChI=1S/C11H10N4O/c1-7-13-9-4-3-8(5-10(9)14-7)15(2)11(16)6-12/h3-5H,1-2H3,(H,13,14). The molecule has 1 heterocycles. The van der Waals surface area contributed by atoms with E-state index in [-0.39, 0.29) is 0 Å². The number of amides is 1. The summed E-state index contributed by atoms with van der Waals surface area (Å²) in [4.78, 5) is 19.8. The van der Waals surface area contributed by atoms with Gasteiger partial charge in [-0.15, -0.1) is 0 Å². The average molecular weight is 214 g/mol. The van der Waals surface area contributed by atoms with Crippen LogP contribution in [0.3, 0.4) is 0 Å². The molecule has 0 saturated heterocycles. The van der Waals surface area contributed by atoms with Gasteiger partial charge in [-0.05, 0) is 25.1 Å². The number of imidazole rings is 1. The number of benzene rings is 1. The monoisotopic (exact) mass is 214 g/mol. The van der Waals surface area contributed by atoms with Crippen LogP contribution < -0.4 is 4.90 Å². The van der Waals surface area contributed by atoms with Crippen molar-refractivity contribution in [3.63, 3.8) is 0 Å². The van der Waals surface area contributed by atoms with Crippen molar-refractivity contribution in [3.05, 3.63) is 24.0 Å². The Morgan fingerprint density at radius 3 is 3.00 bits per heavy atom. The predicted octanol–water partition coefficient (Wildman–Crippen LogP) is 1.36. The highest BCUT2D eigenvalue weighted by Crippen LogP contribution is 2.19. The van der Waals surface area contributed by atoms with Gasteiger partial charge in [-0.2, -0.15) is 5.26 Å². The van der Waals surface area contributed by atoms with E-state index in [1.807, 2.05) is 13.0 Å². The van der Waals surface area contributed by atoms with Gasteiger partial charge >= 0.3 is 5.91 Å². The fourth-order valence-electron chi connectivity index (χ4n) is 1.53. The third-order valence-corrected chi connectivity index (χ3v) is 2.37. The minimum Gasteiger partial charge on any atom is -0.342 e. The van der Waals surface area contributed by atoms with Gasteiger partial charge in [0.05, 0.1) is 11.0 Å². The molecule has 0 aliphatic heterocycles. The maximum Gasteiger partial charge on any atom is 0.329 e. The van der Waals surface area contributed by atoms with Gasteiger partial charge in [-0.1, -0.05) is 0 Å². The molecule has 2 rings (SSSR count). The molecule has 16 heavy (non-hydrogen) atoms. The molecule has 0 saturated carbocycles. The Morgan fingerprint density at radius 1 is 1.56 bits per heavy atom. The number of anilines is 1. The molecule has 0 fully saturated rings. The Morgan fingerprint density at radius 2 is 2.31 bits per heavy atom. The Hall–Kier alpha value is -2.35. The maximum atomic E-state index is 11.2. The van der Waals surface area contributed by atoms with Crippen molar-refractivity contribution in [2.75, 3.05) is 11.9 Å². The second-order valence-electron chi connectivity index (χ2n) is 3.50. The summed E-state index contributed by atoms with van der Waals surface area (Å²) >= 11 is 0. The zero-order chi connectivity index (χ0) is 11.7. The minimum absolute atomic E-state index is 0.587. The molecule has 80 valence electrons. The highest BCUT2D eigenvalue weighted by molar-refractivity contribution is 6.04. The van der Waals surface area contributed by atoms with Crippen LogP contribution in [0.2, 0.25) is 0 Å². The van der Waals surface area contributed by atoms with E-state index in [0.717, 1.165) is 16.9 Å². The quantitative estimate of drug-likeness (QED) is 0.728. The molecular formula is C11H10N4O. The number of nitrogens with zero attached hydrogens (tertiary/aromatic N) is 3. The molecule has 5 nitrogen and oxygen atoms in total. The van der Waals surface area contributed by atoms with Gasteiger partial charge in [-0.3, -0.25) is 4.79 Å². The van der Waals surface area contributed by atoms with Gasteiger partial charge in [0.1, 0.15) is 5.82 Å². The minimum atomic E-state index is -0.587. The van der Waals surface area contributed by atoms with E-state index in [4.69, 9.17) is 5.26 Å². The summed E-state index contributed by atoms with van der Waals surface area (Å²) in [5.41, 5.74) is 2.37. The van der Waals surface area contributed by atoms with Gasteiger partial charge in [0.2, 0.25) is 0 Å². The second-order valence-corrected chi connectivity index (χ2v) is 3.50. The summed E-state index contributed by atoms with van der Waals surface area (Å²) in [7, 11) is 1.57. The first-order valence-electron chi connectivity index (χ1n) is 4.76. The molecule has 0 aliphatic carbocycles. The van der Waals surface area contributed by atoms with Crippen LogP contribution in [0, 0.1) is 18.3 Å². The van der Waals surface area contributed by atoms with Crippen LogP contribution >= 0.6 is 0 Å². The van der Waals surface area contributed by atoms with Crippen molar-refractivity contribution in [1.29, 1.82) is 5.26 Å². The zero-order valence-corrected chi connectivity index (χ0v) is 8.98. The number of nitriles is 1. The topological polar surface area (TPSA) is 72.8 Å². The number of H-pyrrole nitrogens is 1. The first-order chi connectivity index (χ1) is 7.61. The predicted molar refractivity (Wildman–Crippen MR) is 59.9 cm³/mol. The lowest BCUT2D eigenvalue weighted by atomic mass is 10.2. The average Bonchev–Trinajstić information content (AvgIpc) is 2.65. The molecule has 1 N–H and O–H groups in total. The van der Waals surface area contributed by atoms with Gasteiger partial charge in [-0.25, -0.2) is 4.98 Å². The van der Waals surface area contributed by atoms with Crippen LogP contribution in [-0.2, 0) is 4.79 Å². The van der Waals surface area contributed by atoms with E-state index in [9.17, 15) is 4.79 Å². The number of hydrogen-bond donors (Lipinski definition) is 1. The van der Waals surface area contributed by atoms with Crippen LogP contribution in [0.5, 0.6) is 0 Å². The second kappa shape index (κ2) is 3.66. The molecule has 5 heteroatoms. The molecule has 0 bridgehead atoms. The lowest BCUT2D eigenvalue weighted by Crippen LogP contribution is -2.24. The summed E-state index contributed by atoms with van der Waals surface area (Å²) in [6, 6.07) is 6.95. The molecule has 1 aromatic heterocycles. The fraction of sp³-hybridized carbons (Fsp3) is 0.182. The first kappa shape index (κ1) is 10.2. The van der Waals surface area contributed by atoms with E-state index in [1.165, 1.54) is 4.90 Å². The smallest absolute Gasteiger partial charge is 0.329 e. The summed E-state index contributed by atoms with van der Waals surface area (Å²) in [5, 5.41) is 8.52. The normalized spacial score (nSPS) is 10.1. The number of aromatic nitrogens is 2. The van der Waals surface area contributed by atoms with Crippen LogP contribution in [0.15, 0.2) is 18.2 Å². The zero-order valence-electron chi connectivity index (χ0n) is 8.98. The summed E-state index contributed by atoms with van der Waals surface area (Å²) < 4.78 is 0. The highest BCUT2D eigenvalue weighted by atomic mass is 16.2. The van der Waals surface area contributed by atoms with Crippen molar-refractivity contribution in [2.45, 2.75) is 6.92 Å². The van der Waals surface area contributed by atoms with Crippen LogP contribution in [-0.4, -0.2) is 22.9 Å². The number of carbonyl (C=O) groups excluding carboxylic acids is 1. The van der Waals surface area contributed by atoms with Crippen molar-refractivity contribution >= 4 is 22.6 Å². The molecule has 1 aromatic carbocycles. The van der Waals surface area contributed by atoms with Crippen LogP contribution in [0.1, 0.15) is 5.82 Å². The first-order valence-corrected chi connectivity index (χ1v) is 4.76. The lowest BCUT2D eigenvalue weighted by molar-refractivity contribution is -0.113. The molecular weight excluding hydrogens is 204 g/mol. The fourth-order valence-corrected chi connectivity index (χ4v) is 1.53. The summed E-state index contributed by atoms with van der Waals surface area (Å²) in [5.74, 6) is 0.233. The summed E-state index contributed by atoms with van der Waals surface area (Å²) in [6.45, 7) is 1.86. The van der Waals surface area contributed by atoms with Crippen molar-refractivity contribution in [2.24, 2.45) is 0 Å². The molecule has 1 amide bonds. The highest BCUT2D eigenvalue weighted by Gasteiger charge is 2.10. The molecule has 0 spiro atoms. The van der Waals surface area contributed by atoms with E-state index in [1.54, 1.807) is 25.2 Å². The van der Waals surface area contributed by atoms with Gasteiger partial charge < -0.3 is 9.88 Å². The number of hydrogen-bond acceptors (Lipinski definition) is 3. The van der Waals surface area contributed by atoms with E-state index < -0.39 is 5.91 Å². The number of rotatable bonds is 1. The van der Waals surface area contributed by atoms with Crippen LogP contribution in [0.4, 0.5) is 5.69 Å². The van der Waals surface area contributed by atoms with Crippen molar-refractivity contribution < 1.29 is 4.79 Å². The Labute approximate surface area is 92.3 Å². The summed E-state index contributed by atoms with van der Waals surface area (Å²) in [6.07, 6.45) is 0. The van der Waals surface area contributed by atoms with Gasteiger partial charge in [0.15, 0.2) is 6.07 Å². The maximum absolute atomic E-state index is 11.2. The number of aromatic amines is 1. The Balaban J connectivity index is 2.47. The Bertz CT molecular complexity index is 594. The van der Waals surface area contributed by atoms with E-state index >= 15 is 0 Å². The molecule has 2 aromatic rings. The Kier molecular flexibility index (Phi) is 2.33. The van der Waals surface area contributed by atoms with Crippen molar-refractivity contribution in [1.82, 2.24) is 9.97 Å². The molecule has 0 radical (unpaired) electrons. The number of fused-ring (bicyclic) bond motifs is 1. The third-order valence-electron chi connectivity index (χ3n) is 2.37. The van der Waals surface area contributed by atoms with Gasteiger partial charge in [0.25, 0.3) is 0 Å². The third kappa shape index (κ3) is 1.61. The largest absolute Gasteiger partial charge is 0.342 e. The lowest BCUT2D eigenvalue weighted by Gasteiger charge is -2.12. The molecule has 0 atom stereocenters. The van der Waals surface area contributed by atoms with E-state index in [0.29, 0.717) is 5.69 Å². The number of carbonyl (C=O) groups is 1. The van der Waals surface area contributed by atoms with Gasteiger partial charge in [0, 0.05) is 12.7 Å². The number of aryl methyl sites for hydroxylation is 1. The van der Waals surface area contributed by atoms with Crippen LogP contribution in [0.25, 0.3) is 11.0 Å². The van der Waals surface area contributed by atoms with Crippen molar-refractivity contribution in [3.8, 4) is 6.07 Å². The molecule has 0 unspecified atom stereocenters.